The van der Waals surface area contributed by atoms with Gasteiger partial charge in [-0.15, -0.1) is 0 Å². The van der Waals surface area contributed by atoms with E-state index in [1.54, 1.807) is 0 Å². The minimum absolute atomic E-state index is 0.781. The Morgan fingerprint density at radius 2 is 1.46 bits per heavy atom. The Morgan fingerprint density at radius 1 is 1.23 bits per heavy atom. The molecule has 0 saturated heterocycles. The summed E-state index contributed by atoms with van der Waals surface area (Å²) in [4.78, 5) is 8.78. The number of rotatable bonds is 4. The van der Waals surface area contributed by atoms with E-state index in [9.17, 15) is 0 Å². The van der Waals surface area contributed by atoms with E-state index in [2.05, 4.69) is 38.7 Å². The number of primary amides is 1. The monoisotopic (exact) mass is 190 g/mol. The highest BCUT2D eigenvalue weighted by Gasteiger charge is 1.94. The molecule has 13 heavy (non-hydrogen) atoms. The molecule has 0 aliphatic heterocycles. The fraction of sp³-hybridized carbons (Fsp3) is 0.889. The largest absolute Gasteiger partial charge is 0.465 e. The number of hydrogen-bond donors (Lipinski definition) is 3. The lowest BCUT2D eigenvalue weighted by molar-refractivity contribution is 0.205. The third kappa shape index (κ3) is 35.0. The van der Waals surface area contributed by atoms with Crippen LogP contribution in [-0.2, 0) is 0 Å². The van der Waals surface area contributed by atoms with Crippen LogP contribution in [0.4, 0.5) is 4.79 Å². The number of hydrogen-bond acceptors (Lipinski definition) is 2. The molecule has 0 unspecified atom stereocenters. The standard InChI is InChI=1S/C8H19N.CH3NO2/c1-7(2)5-9-6-8(3)4;2-1(3)4/h7-9H,5-6H2,1-4H3;2H2,(H,3,4). The quantitative estimate of drug-likeness (QED) is 0.629. The summed E-state index contributed by atoms with van der Waals surface area (Å²) in [5, 5.41) is 10.6. The van der Waals surface area contributed by atoms with Gasteiger partial charge in [0, 0.05) is 0 Å². The first-order valence-corrected chi connectivity index (χ1v) is 4.55. The molecule has 4 heteroatoms. The Labute approximate surface area is 80.5 Å². The first-order valence-electron chi connectivity index (χ1n) is 4.55. The first kappa shape index (κ1) is 14.7. The first-order chi connectivity index (χ1) is 5.86. The van der Waals surface area contributed by atoms with Crippen molar-refractivity contribution in [1.29, 1.82) is 0 Å². The molecule has 4 N–H and O–H groups in total. The van der Waals surface area contributed by atoms with Gasteiger partial charge in [-0.1, -0.05) is 27.7 Å². The van der Waals surface area contributed by atoms with Gasteiger partial charge in [-0.05, 0) is 24.9 Å². The predicted molar refractivity (Wildman–Crippen MR) is 54.8 cm³/mol. The van der Waals surface area contributed by atoms with E-state index in [0.717, 1.165) is 24.9 Å². The molecular weight excluding hydrogens is 168 g/mol. The van der Waals surface area contributed by atoms with E-state index < -0.39 is 6.09 Å². The van der Waals surface area contributed by atoms with Crippen LogP contribution < -0.4 is 11.1 Å². The van der Waals surface area contributed by atoms with Crippen LogP contribution in [0.1, 0.15) is 27.7 Å². The zero-order valence-corrected chi connectivity index (χ0v) is 9.00. The zero-order chi connectivity index (χ0) is 10.9. The van der Waals surface area contributed by atoms with Gasteiger partial charge in [-0.3, -0.25) is 0 Å². The second-order valence-corrected chi connectivity index (χ2v) is 3.78. The fourth-order valence-electron chi connectivity index (χ4n) is 0.661. The number of carbonyl (C=O) groups is 1. The molecule has 0 rings (SSSR count). The molecule has 0 bridgehead atoms. The van der Waals surface area contributed by atoms with Crippen LogP contribution in [0.5, 0.6) is 0 Å². The highest BCUT2D eigenvalue weighted by molar-refractivity contribution is 5.61. The molecule has 4 nitrogen and oxygen atoms in total. The van der Waals surface area contributed by atoms with Gasteiger partial charge < -0.3 is 16.2 Å². The molecule has 0 aliphatic rings. The smallest absolute Gasteiger partial charge is 0.402 e. The van der Waals surface area contributed by atoms with Crippen LogP contribution >= 0.6 is 0 Å². The van der Waals surface area contributed by atoms with E-state index in [4.69, 9.17) is 9.90 Å². The molecule has 0 saturated carbocycles. The molecule has 0 aliphatic carbocycles. The highest BCUT2D eigenvalue weighted by atomic mass is 16.4. The van der Waals surface area contributed by atoms with Crippen molar-refractivity contribution in [3.05, 3.63) is 0 Å². The lowest BCUT2D eigenvalue weighted by Crippen LogP contribution is -2.23. The second-order valence-electron chi connectivity index (χ2n) is 3.78. The molecule has 0 atom stereocenters. The Bertz CT molecular complexity index is 113. The van der Waals surface area contributed by atoms with Crippen molar-refractivity contribution >= 4 is 6.09 Å². The average Bonchev–Trinajstić information content (AvgIpc) is 1.83. The van der Waals surface area contributed by atoms with Crippen molar-refractivity contribution in [2.45, 2.75) is 27.7 Å². The molecular formula is C9H22N2O2. The Balaban J connectivity index is 0. The zero-order valence-electron chi connectivity index (χ0n) is 9.00. The Kier molecular flexibility index (Phi) is 10.6. The van der Waals surface area contributed by atoms with E-state index in [0.29, 0.717) is 0 Å². The van der Waals surface area contributed by atoms with Crippen LogP contribution in [0, 0.1) is 11.8 Å². The van der Waals surface area contributed by atoms with Crippen molar-refractivity contribution < 1.29 is 9.90 Å². The van der Waals surface area contributed by atoms with Gasteiger partial charge in [0.1, 0.15) is 0 Å². The maximum Gasteiger partial charge on any atom is 0.402 e. The van der Waals surface area contributed by atoms with Crippen LogP contribution in [0.3, 0.4) is 0 Å². The predicted octanol–water partition coefficient (Wildman–Crippen LogP) is 1.51. The normalized spacial score (nSPS) is 9.69. The summed E-state index contributed by atoms with van der Waals surface area (Å²) < 4.78 is 0. The molecule has 1 amide bonds. The molecule has 80 valence electrons. The van der Waals surface area contributed by atoms with E-state index in [-0.39, 0.29) is 0 Å². The van der Waals surface area contributed by atoms with Crippen molar-refractivity contribution in [2.24, 2.45) is 17.6 Å². The number of carboxylic acid groups (broad SMARTS) is 1. The van der Waals surface area contributed by atoms with Gasteiger partial charge in [-0.25, -0.2) is 4.79 Å². The summed E-state index contributed by atoms with van der Waals surface area (Å²) in [5.74, 6) is 1.56. The molecule has 0 spiro atoms. The SMILES string of the molecule is CC(C)CNCC(C)C.NC(=O)O. The fourth-order valence-corrected chi connectivity index (χ4v) is 0.661. The van der Waals surface area contributed by atoms with E-state index in [1.807, 2.05) is 0 Å². The van der Waals surface area contributed by atoms with Crippen LogP contribution in [0.25, 0.3) is 0 Å². The minimum Gasteiger partial charge on any atom is -0.465 e. The van der Waals surface area contributed by atoms with Crippen molar-refractivity contribution in [1.82, 2.24) is 5.32 Å². The third-order valence-corrected chi connectivity index (χ3v) is 1.11. The maximum absolute atomic E-state index is 8.78. The van der Waals surface area contributed by atoms with Crippen molar-refractivity contribution in [3.8, 4) is 0 Å². The van der Waals surface area contributed by atoms with Gasteiger partial charge in [0.05, 0.1) is 0 Å². The van der Waals surface area contributed by atoms with Gasteiger partial charge in [0.15, 0.2) is 0 Å². The summed E-state index contributed by atoms with van der Waals surface area (Å²) in [7, 11) is 0. The summed E-state index contributed by atoms with van der Waals surface area (Å²) in [6.45, 7) is 11.2. The highest BCUT2D eigenvalue weighted by Crippen LogP contribution is 1.90. The van der Waals surface area contributed by atoms with Crippen LogP contribution in [0.2, 0.25) is 0 Å². The third-order valence-electron chi connectivity index (χ3n) is 1.11. The summed E-state index contributed by atoms with van der Waals surface area (Å²) >= 11 is 0. The average molecular weight is 190 g/mol. The van der Waals surface area contributed by atoms with Gasteiger partial charge in [-0.2, -0.15) is 0 Å². The summed E-state index contributed by atoms with van der Waals surface area (Å²) in [6, 6.07) is 0. The van der Waals surface area contributed by atoms with Gasteiger partial charge in [0.2, 0.25) is 0 Å². The number of nitrogens with one attached hydrogen (secondary N) is 1. The Hall–Kier alpha value is -0.770. The second kappa shape index (κ2) is 9.32. The van der Waals surface area contributed by atoms with Crippen LogP contribution in [0.15, 0.2) is 0 Å². The topological polar surface area (TPSA) is 75.3 Å². The summed E-state index contributed by atoms with van der Waals surface area (Å²) in [5.41, 5.74) is 4.03. The van der Waals surface area contributed by atoms with E-state index in [1.165, 1.54) is 0 Å². The number of amides is 1. The molecule has 0 aromatic rings. The lowest BCUT2D eigenvalue weighted by atomic mass is 10.2. The molecule has 0 fully saturated rings. The van der Waals surface area contributed by atoms with Crippen LogP contribution in [-0.4, -0.2) is 24.3 Å². The minimum atomic E-state index is -1.33. The Morgan fingerprint density at radius 3 is 1.62 bits per heavy atom. The summed E-state index contributed by atoms with van der Waals surface area (Å²) in [6.07, 6.45) is -1.33. The van der Waals surface area contributed by atoms with Crippen molar-refractivity contribution in [2.75, 3.05) is 13.1 Å². The van der Waals surface area contributed by atoms with Gasteiger partial charge >= 0.3 is 6.09 Å². The molecule has 0 heterocycles. The molecule has 0 radical (unpaired) electrons. The van der Waals surface area contributed by atoms with E-state index >= 15 is 0 Å². The lowest BCUT2D eigenvalue weighted by Gasteiger charge is -2.08. The maximum atomic E-state index is 8.78. The van der Waals surface area contributed by atoms with Gasteiger partial charge in [0.25, 0.3) is 0 Å². The molecule has 0 aromatic heterocycles. The van der Waals surface area contributed by atoms with Crippen molar-refractivity contribution in [3.63, 3.8) is 0 Å². The number of nitrogens with two attached hydrogens (primary N) is 1. The molecule has 0 aromatic carbocycles.